The highest BCUT2D eigenvalue weighted by Gasteiger charge is 2.33. The molecule has 0 N–H and O–H groups in total. The SMILES string of the molecule is CCCCCCCC1CCC(C2CCC(C(=O)Oc3ccc(OC(F)F)cc3)CC2)CC1. The number of carbonyl (C=O) groups excluding carboxylic acids is 1. The van der Waals surface area contributed by atoms with Gasteiger partial charge in [0.2, 0.25) is 0 Å². The normalized spacial score (nSPS) is 26.1. The van der Waals surface area contributed by atoms with E-state index in [0.717, 1.165) is 43.4 Å². The molecule has 0 unspecified atom stereocenters. The van der Waals surface area contributed by atoms with E-state index >= 15 is 0 Å². The van der Waals surface area contributed by atoms with Gasteiger partial charge in [-0.25, -0.2) is 0 Å². The summed E-state index contributed by atoms with van der Waals surface area (Å²) in [5.74, 6) is 2.73. The second kappa shape index (κ2) is 13.2. The molecule has 2 saturated carbocycles. The van der Waals surface area contributed by atoms with Crippen LogP contribution in [0, 0.1) is 23.7 Å². The van der Waals surface area contributed by atoms with Gasteiger partial charge in [0.15, 0.2) is 0 Å². The molecule has 0 radical (unpaired) electrons. The van der Waals surface area contributed by atoms with Crippen molar-refractivity contribution in [3.05, 3.63) is 24.3 Å². The molecule has 5 heteroatoms. The van der Waals surface area contributed by atoms with E-state index in [4.69, 9.17) is 4.74 Å². The van der Waals surface area contributed by atoms with E-state index in [0.29, 0.717) is 5.75 Å². The predicted molar refractivity (Wildman–Crippen MR) is 123 cm³/mol. The topological polar surface area (TPSA) is 35.5 Å². The van der Waals surface area contributed by atoms with Gasteiger partial charge in [-0.3, -0.25) is 4.79 Å². The first kappa shape index (κ1) is 25.0. The van der Waals surface area contributed by atoms with E-state index in [-0.39, 0.29) is 17.6 Å². The van der Waals surface area contributed by atoms with Crippen LogP contribution in [-0.4, -0.2) is 12.6 Å². The first-order chi connectivity index (χ1) is 15.5. The summed E-state index contributed by atoms with van der Waals surface area (Å²) in [5.41, 5.74) is 0. The first-order valence-corrected chi connectivity index (χ1v) is 12.8. The van der Waals surface area contributed by atoms with E-state index in [1.54, 1.807) is 0 Å². The molecule has 3 rings (SSSR count). The standard InChI is InChI=1S/C27H40F2O3/c1-2-3-4-5-6-7-20-8-10-21(11-9-20)22-12-14-23(15-13-22)26(30)31-24-16-18-25(19-17-24)32-27(28)29/h16-23,27H,2-15H2,1H3. The third kappa shape index (κ3) is 8.04. The monoisotopic (exact) mass is 450 g/mol. The molecule has 0 heterocycles. The average Bonchev–Trinajstić information content (AvgIpc) is 2.80. The van der Waals surface area contributed by atoms with E-state index < -0.39 is 6.61 Å². The Kier molecular flexibility index (Phi) is 10.3. The first-order valence-electron chi connectivity index (χ1n) is 12.8. The fourth-order valence-corrected chi connectivity index (χ4v) is 5.70. The van der Waals surface area contributed by atoms with Gasteiger partial charge in [-0.05, 0) is 80.5 Å². The Morgan fingerprint density at radius 2 is 1.41 bits per heavy atom. The van der Waals surface area contributed by atoms with Gasteiger partial charge in [0.1, 0.15) is 11.5 Å². The Bertz CT molecular complexity index is 660. The van der Waals surface area contributed by atoms with E-state index in [1.807, 2.05) is 0 Å². The summed E-state index contributed by atoms with van der Waals surface area (Å²) in [6.45, 7) is -0.587. The molecular weight excluding hydrogens is 410 g/mol. The van der Waals surface area contributed by atoms with Crippen LogP contribution in [0.5, 0.6) is 11.5 Å². The molecule has 32 heavy (non-hydrogen) atoms. The maximum absolute atomic E-state index is 12.5. The Morgan fingerprint density at radius 1 is 0.844 bits per heavy atom. The summed E-state index contributed by atoms with van der Waals surface area (Å²) in [6.07, 6.45) is 17.9. The highest BCUT2D eigenvalue weighted by molar-refractivity contribution is 5.75. The van der Waals surface area contributed by atoms with Crippen LogP contribution in [0.1, 0.15) is 96.8 Å². The average molecular weight is 451 g/mol. The molecule has 0 saturated heterocycles. The Hall–Kier alpha value is -1.65. The van der Waals surface area contributed by atoms with Crippen LogP contribution in [0.4, 0.5) is 8.78 Å². The minimum absolute atomic E-state index is 0.0531. The lowest BCUT2D eigenvalue weighted by atomic mass is 9.68. The fraction of sp³-hybridized carbons (Fsp3) is 0.741. The summed E-state index contributed by atoms with van der Waals surface area (Å²) >= 11 is 0. The van der Waals surface area contributed by atoms with E-state index in [2.05, 4.69) is 11.7 Å². The lowest BCUT2D eigenvalue weighted by Crippen LogP contribution is -2.30. The third-order valence-corrected chi connectivity index (χ3v) is 7.65. The van der Waals surface area contributed by atoms with Crippen LogP contribution in [0.25, 0.3) is 0 Å². The molecule has 1 aromatic rings. The number of benzene rings is 1. The predicted octanol–water partition coefficient (Wildman–Crippen LogP) is 8.17. The number of esters is 1. The van der Waals surface area contributed by atoms with Crippen molar-refractivity contribution in [1.82, 2.24) is 0 Å². The van der Waals surface area contributed by atoms with Crippen molar-refractivity contribution in [2.24, 2.45) is 23.7 Å². The number of ether oxygens (including phenoxy) is 2. The van der Waals surface area contributed by atoms with Crippen molar-refractivity contribution in [2.45, 2.75) is 103 Å². The maximum atomic E-state index is 12.5. The summed E-state index contributed by atoms with van der Waals surface area (Å²) in [4.78, 5) is 12.5. The van der Waals surface area contributed by atoms with Crippen LogP contribution in [0.3, 0.4) is 0 Å². The zero-order valence-electron chi connectivity index (χ0n) is 19.6. The second-order valence-electron chi connectivity index (χ2n) is 9.87. The minimum atomic E-state index is -2.86. The number of hydrogen-bond acceptors (Lipinski definition) is 3. The smallest absolute Gasteiger partial charge is 0.387 e. The van der Waals surface area contributed by atoms with Crippen molar-refractivity contribution in [2.75, 3.05) is 0 Å². The highest BCUT2D eigenvalue weighted by atomic mass is 19.3. The van der Waals surface area contributed by atoms with Crippen molar-refractivity contribution < 1.29 is 23.0 Å². The van der Waals surface area contributed by atoms with E-state index in [9.17, 15) is 13.6 Å². The van der Waals surface area contributed by atoms with Gasteiger partial charge in [0.05, 0.1) is 5.92 Å². The number of unbranched alkanes of at least 4 members (excludes halogenated alkanes) is 4. The second-order valence-corrected chi connectivity index (χ2v) is 9.87. The quantitative estimate of drug-likeness (QED) is 0.194. The summed E-state index contributed by atoms with van der Waals surface area (Å²) < 4.78 is 34.3. The summed E-state index contributed by atoms with van der Waals surface area (Å²) in [5, 5.41) is 0. The zero-order chi connectivity index (χ0) is 22.8. The van der Waals surface area contributed by atoms with Crippen LogP contribution in [-0.2, 0) is 4.79 Å². The van der Waals surface area contributed by atoms with Gasteiger partial charge < -0.3 is 9.47 Å². The van der Waals surface area contributed by atoms with Crippen LogP contribution in [0.15, 0.2) is 24.3 Å². The van der Waals surface area contributed by atoms with Crippen LogP contribution >= 0.6 is 0 Å². The summed E-state index contributed by atoms with van der Waals surface area (Å²) in [6, 6.07) is 5.80. The lowest BCUT2D eigenvalue weighted by molar-refractivity contribution is -0.140. The molecule has 2 aliphatic rings. The maximum Gasteiger partial charge on any atom is 0.387 e. The summed E-state index contributed by atoms with van der Waals surface area (Å²) in [7, 11) is 0. The Balaban J connectivity index is 1.33. The van der Waals surface area contributed by atoms with Crippen LogP contribution < -0.4 is 9.47 Å². The van der Waals surface area contributed by atoms with Crippen LogP contribution in [0.2, 0.25) is 0 Å². The number of alkyl halides is 2. The molecule has 0 aliphatic heterocycles. The molecule has 3 nitrogen and oxygen atoms in total. The Labute approximate surface area is 192 Å². The largest absolute Gasteiger partial charge is 0.435 e. The Morgan fingerprint density at radius 3 is 2.00 bits per heavy atom. The molecule has 2 aliphatic carbocycles. The number of carbonyl (C=O) groups is 1. The van der Waals surface area contributed by atoms with Gasteiger partial charge in [-0.15, -0.1) is 0 Å². The molecule has 0 aromatic heterocycles. The number of rotatable bonds is 11. The van der Waals surface area contributed by atoms with Crippen molar-refractivity contribution >= 4 is 5.97 Å². The molecule has 180 valence electrons. The number of halogens is 2. The van der Waals surface area contributed by atoms with Crippen molar-refractivity contribution in [3.8, 4) is 11.5 Å². The zero-order valence-corrected chi connectivity index (χ0v) is 19.6. The van der Waals surface area contributed by atoms with Gasteiger partial charge >= 0.3 is 12.6 Å². The molecule has 0 spiro atoms. The van der Waals surface area contributed by atoms with E-state index in [1.165, 1.54) is 88.5 Å². The lowest BCUT2D eigenvalue weighted by Gasteiger charge is -2.37. The third-order valence-electron chi connectivity index (χ3n) is 7.65. The molecular formula is C27H40F2O3. The molecule has 2 fully saturated rings. The van der Waals surface area contributed by atoms with Gasteiger partial charge in [-0.2, -0.15) is 8.78 Å². The number of hydrogen-bond donors (Lipinski definition) is 0. The van der Waals surface area contributed by atoms with Gasteiger partial charge in [-0.1, -0.05) is 58.3 Å². The molecule has 0 bridgehead atoms. The molecule has 1 aromatic carbocycles. The van der Waals surface area contributed by atoms with Gasteiger partial charge in [0.25, 0.3) is 0 Å². The van der Waals surface area contributed by atoms with Crippen molar-refractivity contribution in [3.63, 3.8) is 0 Å². The highest BCUT2D eigenvalue weighted by Crippen LogP contribution is 2.42. The fourth-order valence-electron chi connectivity index (χ4n) is 5.70. The van der Waals surface area contributed by atoms with Gasteiger partial charge in [0, 0.05) is 0 Å². The molecule has 0 amide bonds. The van der Waals surface area contributed by atoms with Crippen molar-refractivity contribution in [1.29, 1.82) is 0 Å². The minimum Gasteiger partial charge on any atom is -0.435 e. The molecule has 0 atom stereocenters.